The summed E-state index contributed by atoms with van der Waals surface area (Å²) in [7, 11) is 0. The SMILES string of the molecule is Cc1ccc(-c2ccco2)[n+]2c1CCC2(C)CBr. The summed E-state index contributed by atoms with van der Waals surface area (Å²) in [6, 6.07) is 8.35. The van der Waals surface area contributed by atoms with Crippen molar-refractivity contribution in [2.75, 3.05) is 5.33 Å². The lowest BCUT2D eigenvalue weighted by molar-refractivity contribution is -0.739. The molecule has 2 aromatic heterocycles. The second-order valence-corrected chi connectivity index (χ2v) is 5.85. The minimum Gasteiger partial charge on any atom is -0.458 e. The molecule has 0 bridgehead atoms. The fraction of sp³-hybridized carbons (Fsp3) is 0.400. The Hall–Kier alpha value is -1.09. The van der Waals surface area contributed by atoms with Gasteiger partial charge in [-0.15, -0.1) is 0 Å². The zero-order valence-corrected chi connectivity index (χ0v) is 12.3. The first-order valence-corrected chi connectivity index (χ1v) is 7.43. The second-order valence-electron chi connectivity index (χ2n) is 5.29. The number of rotatable bonds is 2. The van der Waals surface area contributed by atoms with Crippen molar-refractivity contribution in [2.45, 2.75) is 32.2 Å². The third kappa shape index (κ3) is 1.64. The largest absolute Gasteiger partial charge is 0.458 e. The quantitative estimate of drug-likeness (QED) is 0.612. The molecular formula is C15H17BrNO+. The average Bonchev–Trinajstić information content (AvgIpc) is 3.00. The Kier molecular flexibility index (Phi) is 2.81. The molecule has 2 nitrogen and oxygen atoms in total. The molecule has 1 atom stereocenters. The van der Waals surface area contributed by atoms with Gasteiger partial charge in [0.1, 0.15) is 0 Å². The fourth-order valence-corrected chi connectivity index (χ4v) is 3.40. The summed E-state index contributed by atoms with van der Waals surface area (Å²) in [4.78, 5) is 0. The van der Waals surface area contributed by atoms with Crippen LogP contribution in [0.3, 0.4) is 0 Å². The molecule has 0 fully saturated rings. The fourth-order valence-electron chi connectivity index (χ4n) is 2.86. The Labute approximate surface area is 116 Å². The Bertz CT molecular complexity index is 576. The van der Waals surface area contributed by atoms with Crippen LogP contribution in [0.4, 0.5) is 0 Å². The van der Waals surface area contributed by atoms with Gasteiger partial charge in [-0.1, -0.05) is 15.9 Å². The normalized spacial score (nSPS) is 22.2. The summed E-state index contributed by atoms with van der Waals surface area (Å²) in [6.45, 7) is 4.50. The van der Waals surface area contributed by atoms with Crippen LogP contribution in [0.15, 0.2) is 34.9 Å². The number of furan rings is 1. The van der Waals surface area contributed by atoms with Crippen LogP contribution in [0, 0.1) is 6.92 Å². The molecule has 3 rings (SSSR count). The smallest absolute Gasteiger partial charge is 0.248 e. The minimum atomic E-state index is 0.142. The molecule has 0 aliphatic carbocycles. The number of pyridine rings is 1. The van der Waals surface area contributed by atoms with E-state index in [2.05, 4.69) is 46.5 Å². The van der Waals surface area contributed by atoms with Crippen molar-refractivity contribution < 1.29 is 8.98 Å². The van der Waals surface area contributed by atoms with Gasteiger partial charge in [0.25, 0.3) is 0 Å². The molecule has 0 spiro atoms. The van der Waals surface area contributed by atoms with Gasteiger partial charge in [-0.25, -0.2) is 0 Å². The highest BCUT2D eigenvalue weighted by molar-refractivity contribution is 9.09. The first kappa shape index (κ1) is 12.0. The summed E-state index contributed by atoms with van der Waals surface area (Å²) in [5.74, 6) is 0.949. The van der Waals surface area contributed by atoms with Crippen molar-refractivity contribution in [1.29, 1.82) is 0 Å². The van der Waals surface area contributed by atoms with Crippen LogP contribution in [0.1, 0.15) is 24.6 Å². The van der Waals surface area contributed by atoms with Gasteiger partial charge in [-0.3, -0.25) is 0 Å². The summed E-state index contributed by atoms with van der Waals surface area (Å²) < 4.78 is 8.04. The molecule has 0 saturated heterocycles. The van der Waals surface area contributed by atoms with Gasteiger partial charge >= 0.3 is 0 Å². The third-order valence-corrected chi connectivity index (χ3v) is 5.17. The number of hydrogen-bond acceptors (Lipinski definition) is 1. The molecular weight excluding hydrogens is 290 g/mol. The minimum absolute atomic E-state index is 0.142. The number of alkyl halides is 1. The zero-order chi connectivity index (χ0) is 12.8. The molecule has 1 aliphatic rings. The molecule has 0 radical (unpaired) electrons. The molecule has 1 aliphatic heterocycles. The van der Waals surface area contributed by atoms with Crippen molar-refractivity contribution in [3.63, 3.8) is 0 Å². The van der Waals surface area contributed by atoms with E-state index in [9.17, 15) is 0 Å². The lowest BCUT2D eigenvalue weighted by Crippen LogP contribution is -2.55. The maximum absolute atomic E-state index is 5.59. The number of aromatic nitrogens is 1. The van der Waals surface area contributed by atoms with Gasteiger partial charge in [-0.05, 0) is 25.1 Å². The van der Waals surface area contributed by atoms with Crippen molar-refractivity contribution >= 4 is 15.9 Å². The second kappa shape index (κ2) is 4.23. The van der Waals surface area contributed by atoms with Crippen molar-refractivity contribution in [3.05, 3.63) is 41.8 Å². The first-order chi connectivity index (χ1) is 8.65. The van der Waals surface area contributed by atoms with E-state index in [1.807, 2.05) is 12.1 Å². The summed E-state index contributed by atoms with van der Waals surface area (Å²) in [6.07, 6.45) is 4.06. The van der Waals surface area contributed by atoms with Crippen LogP contribution < -0.4 is 4.57 Å². The highest BCUT2D eigenvalue weighted by Crippen LogP contribution is 2.31. The van der Waals surface area contributed by atoms with Crippen molar-refractivity contribution in [2.24, 2.45) is 0 Å². The summed E-state index contributed by atoms with van der Waals surface area (Å²) in [5.41, 5.74) is 4.13. The van der Waals surface area contributed by atoms with Gasteiger partial charge < -0.3 is 4.42 Å². The Morgan fingerprint density at radius 1 is 1.39 bits per heavy atom. The van der Waals surface area contributed by atoms with Crippen LogP contribution in [0.2, 0.25) is 0 Å². The standard InChI is InChI=1S/C15H17BrNO/c1-11-5-6-13(14-4-3-9-18-14)17-12(11)7-8-15(17,2)10-16/h3-6,9H,7-8,10H2,1-2H3/q+1. The lowest BCUT2D eigenvalue weighted by Gasteiger charge is -2.18. The maximum atomic E-state index is 5.59. The molecule has 1 unspecified atom stereocenters. The third-order valence-electron chi connectivity index (χ3n) is 3.96. The molecule has 18 heavy (non-hydrogen) atoms. The molecule has 94 valence electrons. The predicted octanol–water partition coefficient (Wildman–Crippen LogP) is 3.60. The van der Waals surface area contributed by atoms with Crippen molar-refractivity contribution in [3.8, 4) is 11.5 Å². The van der Waals surface area contributed by atoms with E-state index in [-0.39, 0.29) is 5.54 Å². The van der Waals surface area contributed by atoms with Crippen LogP contribution in [0.25, 0.3) is 11.5 Å². The van der Waals surface area contributed by atoms with Gasteiger partial charge in [-0.2, -0.15) is 4.57 Å². The lowest BCUT2D eigenvalue weighted by atomic mass is 10.0. The number of aryl methyl sites for hydroxylation is 1. The van der Waals surface area contributed by atoms with E-state index >= 15 is 0 Å². The number of halogens is 1. The van der Waals surface area contributed by atoms with E-state index < -0.39 is 0 Å². The van der Waals surface area contributed by atoms with E-state index in [0.717, 1.165) is 17.5 Å². The molecule has 2 aromatic rings. The van der Waals surface area contributed by atoms with E-state index in [4.69, 9.17) is 4.42 Å². The van der Waals surface area contributed by atoms with Crippen molar-refractivity contribution in [1.82, 2.24) is 0 Å². The topological polar surface area (TPSA) is 17.0 Å². The highest BCUT2D eigenvalue weighted by Gasteiger charge is 2.45. The zero-order valence-electron chi connectivity index (χ0n) is 10.7. The van der Waals surface area contributed by atoms with Crippen LogP contribution in [-0.2, 0) is 12.0 Å². The Morgan fingerprint density at radius 3 is 2.89 bits per heavy atom. The summed E-state index contributed by atoms with van der Waals surface area (Å²) in [5, 5.41) is 0.967. The summed E-state index contributed by atoms with van der Waals surface area (Å²) >= 11 is 3.67. The molecule has 3 heteroatoms. The highest BCUT2D eigenvalue weighted by atomic mass is 79.9. The van der Waals surface area contributed by atoms with E-state index in [1.54, 1.807) is 6.26 Å². The Balaban J connectivity index is 2.27. The molecule has 0 amide bonds. The van der Waals surface area contributed by atoms with Gasteiger partial charge in [0.15, 0.2) is 17.0 Å². The van der Waals surface area contributed by atoms with Crippen LogP contribution >= 0.6 is 15.9 Å². The maximum Gasteiger partial charge on any atom is 0.248 e. The van der Waals surface area contributed by atoms with E-state index in [1.165, 1.54) is 23.4 Å². The molecule has 0 N–H and O–H groups in total. The first-order valence-electron chi connectivity index (χ1n) is 6.30. The predicted molar refractivity (Wildman–Crippen MR) is 74.8 cm³/mol. The Morgan fingerprint density at radius 2 is 2.22 bits per heavy atom. The van der Waals surface area contributed by atoms with Gasteiger partial charge in [0.05, 0.1) is 11.6 Å². The van der Waals surface area contributed by atoms with Crippen LogP contribution in [-0.4, -0.2) is 5.33 Å². The molecule has 0 saturated carbocycles. The van der Waals surface area contributed by atoms with Crippen LogP contribution in [0.5, 0.6) is 0 Å². The number of nitrogens with zero attached hydrogens (tertiary/aromatic N) is 1. The molecule has 3 heterocycles. The van der Waals surface area contributed by atoms with Gasteiger partial charge in [0, 0.05) is 31.4 Å². The van der Waals surface area contributed by atoms with E-state index in [0.29, 0.717) is 0 Å². The number of hydrogen-bond donors (Lipinski definition) is 0. The molecule has 0 aromatic carbocycles. The average molecular weight is 307 g/mol. The van der Waals surface area contributed by atoms with Gasteiger partial charge in [0.2, 0.25) is 5.69 Å². The monoisotopic (exact) mass is 306 g/mol. The number of fused-ring (bicyclic) bond motifs is 1.